The van der Waals surface area contributed by atoms with Gasteiger partial charge in [0.15, 0.2) is 0 Å². The van der Waals surface area contributed by atoms with Crippen molar-refractivity contribution >= 4 is 39.1 Å². The molecule has 3 aromatic rings. The lowest BCUT2D eigenvalue weighted by Crippen LogP contribution is -2.51. The lowest BCUT2D eigenvalue weighted by atomic mass is 10.1. The number of halogens is 1. The zero-order valence-electron chi connectivity index (χ0n) is 22.8. The van der Waals surface area contributed by atoms with Gasteiger partial charge >= 0.3 is 0 Å². The summed E-state index contributed by atoms with van der Waals surface area (Å²) in [5.74, 6) is -0.648. The van der Waals surface area contributed by atoms with Crippen LogP contribution in [-0.4, -0.2) is 51.4 Å². The predicted octanol–water partition coefficient (Wildman–Crippen LogP) is 4.71. The van der Waals surface area contributed by atoms with Gasteiger partial charge in [0.05, 0.1) is 17.7 Å². The fourth-order valence-corrected chi connectivity index (χ4v) is 5.67. The number of carbonyl (C=O) groups is 2. The highest BCUT2D eigenvalue weighted by Crippen LogP contribution is 2.34. The fraction of sp³-hybridized carbons (Fsp3) is 0.310. The number of hydrogen-bond donors (Lipinski definition) is 1. The first-order valence-corrected chi connectivity index (χ1v) is 14.4. The maximum Gasteiger partial charge on any atom is 0.264 e. The van der Waals surface area contributed by atoms with Crippen LogP contribution in [0.5, 0.6) is 5.75 Å². The number of ether oxygens (including phenoxy) is 1. The monoisotopic (exact) mass is 571 g/mol. The van der Waals surface area contributed by atoms with E-state index in [1.54, 1.807) is 68.4 Å². The van der Waals surface area contributed by atoms with Crippen LogP contribution in [0.4, 0.5) is 5.69 Å². The normalized spacial score (nSPS) is 11.9. The SMILES string of the molecule is CCNC(=O)[C@H](C)N(Cc1ccccc1Cl)C(=O)CN(c1cc(C)ccc1OC)S(=O)(=O)c1ccc(C)cc1. The van der Waals surface area contributed by atoms with E-state index in [-0.39, 0.29) is 23.0 Å². The van der Waals surface area contributed by atoms with Crippen LogP contribution in [0.3, 0.4) is 0 Å². The molecule has 208 valence electrons. The molecule has 8 nitrogen and oxygen atoms in total. The van der Waals surface area contributed by atoms with Crippen molar-refractivity contribution in [2.45, 2.75) is 45.2 Å². The lowest BCUT2D eigenvalue weighted by molar-refractivity contribution is -0.139. The van der Waals surface area contributed by atoms with Crippen LogP contribution in [0.15, 0.2) is 71.6 Å². The fourth-order valence-electron chi connectivity index (χ4n) is 4.06. The van der Waals surface area contributed by atoms with Gasteiger partial charge in [-0.3, -0.25) is 13.9 Å². The van der Waals surface area contributed by atoms with Crippen molar-refractivity contribution in [3.05, 3.63) is 88.4 Å². The smallest absolute Gasteiger partial charge is 0.264 e. The first kappa shape index (κ1) is 30.0. The molecule has 0 heterocycles. The molecule has 0 bridgehead atoms. The molecule has 0 unspecified atom stereocenters. The van der Waals surface area contributed by atoms with E-state index in [4.69, 9.17) is 16.3 Å². The van der Waals surface area contributed by atoms with Gasteiger partial charge in [0.25, 0.3) is 10.0 Å². The topological polar surface area (TPSA) is 96.0 Å². The summed E-state index contributed by atoms with van der Waals surface area (Å²) < 4.78 is 34.5. The standard InChI is InChI=1S/C29H34ClN3O5S/c1-6-31-29(35)22(4)32(18-23-9-7-8-10-25(23)30)28(34)19-33(26-17-21(3)13-16-27(26)38-5)39(36,37)24-14-11-20(2)12-15-24/h7-17,22H,6,18-19H2,1-5H3,(H,31,35)/t22-/m0/s1. The van der Waals surface area contributed by atoms with Crippen LogP contribution in [0.25, 0.3) is 0 Å². The van der Waals surface area contributed by atoms with Crippen LogP contribution in [0.1, 0.15) is 30.5 Å². The van der Waals surface area contributed by atoms with E-state index in [1.807, 2.05) is 13.8 Å². The van der Waals surface area contributed by atoms with Crippen LogP contribution >= 0.6 is 11.6 Å². The van der Waals surface area contributed by atoms with Crippen molar-refractivity contribution in [3.8, 4) is 5.75 Å². The Morgan fingerprint density at radius 2 is 1.64 bits per heavy atom. The van der Waals surface area contributed by atoms with E-state index in [0.717, 1.165) is 15.4 Å². The minimum atomic E-state index is -4.21. The molecule has 10 heteroatoms. The number of anilines is 1. The molecule has 0 aromatic heterocycles. The molecule has 3 rings (SSSR count). The molecule has 3 aromatic carbocycles. The van der Waals surface area contributed by atoms with Gasteiger partial charge in [0, 0.05) is 18.1 Å². The number of benzene rings is 3. The highest BCUT2D eigenvalue weighted by molar-refractivity contribution is 7.92. The van der Waals surface area contributed by atoms with Crippen molar-refractivity contribution in [1.29, 1.82) is 0 Å². The Kier molecular flexibility index (Phi) is 9.99. The Bertz CT molecular complexity index is 1430. The largest absolute Gasteiger partial charge is 0.495 e. The molecule has 0 radical (unpaired) electrons. The summed E-state index contributed by atoms with van der Waals surface area (Å²) in [6.07, 6.45) is 0. The van der Waals surface area contributed by atoms with E-state index in [1.165, 1.54) is 24.1 Å². The number of nitrogens with zero attached hydrogens (tertiary/aromatic N) is 2. The molecule has 1 N–H and O–H groups in total. The Morgan fingerprint density at radius 1 is 1.00 bits per heavy atom. The summed E-state index contributed by atoms with van der Waals surface area (Å²) in [4.78, 5) is 28.2. The summed E-state index contributed by atoms with van der Waals surface area (Å²) in [6, 6.07) is 17.6. The molecule has 1 atom stereocenters. The van der Waals surface area contributed by atoms with E-state index in [2.05, 4.69) is 5.32 Å². The van der Waals surface area contributed by atoms with Gasteiger partial charge in [-0.2, -0.15) is 0 Å². The van der Waals surface area contributed by atoms with E-state index < -0.39 is 28.5 Å². The van der Waals surface area contributed by atoms with E-state index >= 15 is 0 Å². The number of sulfonamides is 1. The van der Waals surface area contributed by atoms with Crippen LogP contribution < -0.4 is 14.4 Å². The summed E-state index contributed by atoms with van der Waals surface area (Å²) >= 11 is 6.38. The highest BCUT2D eigenvalue weighted by Gasteiger charge is 2.34. The van der Waals surface area contributed by atoms with Crippen molar-refractivity contribution in [3.63, 3.8) is 0 Å². The van der Waals surface area contributed by atoms with Crippen molar-refractivity contribution in [2.24, 2.45) is 0 Å². The second-order valence-corrected chi connectivity index (χ2v) is 11.5. The molecule has 39 heavy (non-hydrogen) atoms. The average Bonchev–Trinajstić information content (AvgIpc) is 2.91. The number of nitrogens with one attached hydrogen (secondary N) is 1. The van der Waals surface area contributed by atoms with Gasteiger partial charge in [-0.15, -0.1) is 0 Å². The summed E-state index contributed by atoms with van der Waals surface area (Å²) in [5, 5.41) is 3.17. The first-order chi connectivity index (χ1) is 18.5. The molecule has 0 saturated heterocycles. The first-order valence-electron chi connectivity index (χ1n) is 12.5. The predicted molar refractivity (Wildman–Crippen MR) is 154 cm³/mol. The third kappa shape index (κ3) is 7.10. The third-order valence-electron chi connectivity index (χ3n) is 6.31. The number of aryl methyl sites for hydroxylation is 2. The zero-order valence-corrected chi connectivity index (χ0v) is 24.3. The molecule has 2 amide bonds. The number of amides is 2. The molecule has 0 saturated carbocycles. The Labute approximate surface area is 235 Å². The minimum Gasteiger partial charge on any atom is -0.495 e. The second kappa shape index (κ2) is 13.0. The van der Waals surface area contributed by atoms with Gasteiger partial charge in [-0.25, -0.2) is 8.42 Å². The maximum atomic E-state index is 14.0. The van der Waals surface area contributed by atoms with Crippen molar-refractivity contribution in [2.75, 3.05) is 24.5 Å². The average molecular weight is 572 g/mol. The van der Waals surface area contributed by atoms with Gasteiger partial charge in [-0.05, 0) is 69.2 Å². The van der Waals surface area contributed by atoms with E-state index in [0.29, 0.717) is 22.9 Å². The number of carbonyl (C=O) groups excluding carboxylic acids is 2. The molecule has 0 spiro atoms. The van der Waals surface area contributed by atoms with Crippen LogP contribution in [0.2, 0.25) is 5.02 Å². The Balaban J connectivity index is 2.11. The zero-order chi connectivity index (χ0) is 28.7. The third-order valence-corrected chi connectivity index (χ3v) is 8.45. The quantitative estimate of drug-likeness (QED) is 0.359. The molecule has 0 aliphatic heterocycles. The second-order valence-electron chi connectivity index (χ2n) is 9.18. The highest BCUT2D eigenvalue weighted by atomic mass is 35.5. The van der Waals surface area contributed by atoms with Gasteiger partial charge in [0.2, 0.25) is 11.8 Å². The van der Waals surface area contributed by atoms with Crippen LogP contribution in [-0.2, 0) is 26.2 Å². The Hall–Kier alpha value is -3.56. The summed E-state index contributed by atoms with van der Waals surface area (Å²) in [6.45, 7) is 6.89. The summed E-state index contributed by atoms with van der Waals surface area (Å²) in [5.41, 5.74) is 2.52. The number of likely N-dealkylation sites (N-methyl/N-ethyl adjacent to an activating group) is 1. The van der Waals surface area contributed by atoms with E-state index in [9.17, 15) is 18.0 Å². The molecule has 0 aliphatic rings. The van der Waals surface area contributed by atoms with Crippen LogP contribution in [0, 0.1) is 13.8 Å². The summed E-state index contributed by atoms with van der Waals surface area (Å²) in [7, 11) is -2.77. The molecule has 0 fully saturated rings. The van der Waals surface area contributed by atoms with Crippen molar-refractivity contribution < 1.29 is 22.7 Å². The number of methoxy groups -OCH3 is 1. The van der Waals surface area contributed by atoms with Gasteiger partial charge in [-0.1, -0.05) is 53.6 Å². The lowest BCUT2D eigenvalue weighted by Gasteiger charge is -2.32. The molecule has 0 aliphatic carbocycles. The molecular formula is C29H34ClN3O5S. The van der Waals surface area contributed by atoms with Gasteiger partial charge < -0.3 is 15.0 Å². The molecular weight excluding hydrogens is 538 g/mol. The minimum absolute atomic E-state index is 0.0141. The van der Waals surface area contributed by atoms with Crippen molar-refractivity contribution in [1.82, 2.24) is 10.2 Å². The number of rotatable bonds is 11. The maximum absolute atomic E-state index is 14.0. The number of hydrogen-bond acceptors (Lipinski definition) is 5. The Morgan fingerprint density at radius 3 is 2.26 bits per heavy atom. The van der Waals surface area contributed by atoms with Gasteiger partial charge in [0.1, 0.15) is 18.3 Å².